The average Bonchev–Trinajstić information content (AvgIpc) is 2.98. The monoisotopic (exact) mass is 330 g/mol. The Kier molecular flexibility index (Phi) is 4.65. The van der Waals surface area contributed by atoms with E-state index in [1.54, 1.807) is 6.92 Å². The molecule has 1 aromatic heterocycles. The molecule has 1 fully saturated rings. The van der Waals surface area contributed by atoms with Crippen LogP contribution in [0.2, 0.25) is 0 Å². The molecule has 1 aromatic rings. The Morgan fingerprint density at radius 2 is 2.05 bits per heavy atom. The standard InChI is InChI=1S/C14H22N2O5S/c1-8-5-11(6-15)7-16(8)22(18,19)13-10(3)21-9(2)12(13)14(17)20-4/h8,11H,5-7,15H2,1-4H3. The first-order valence-corrected chi connectivity index (χ1v) is 8.58. The molecule has 0 bridgehead atoms. The van der Waals surface area contributed by atoms with Crippen LogP contribution in [0.25, 0.3) is 0 Å². The lowest BCUT2D eigenvalue weighted by Gasteiger charge is -2.21. The van der Waals surface area contributed by atoms with E-state index >= 15 is 0 Å². The highest BCUT2D eigenvalue weighted by Crippen LogP contribution is 2.34. The number of furan rings is 1. The zero-order valence-corrected chi connectivity index (χ0v) is 14.1. The number of hydrogen-bond donors (Lipinski definition) is 1. The summed E-state index contributed by atoms with van der Waals surface area (Å²) in [4.78, 5) is 11.9. The summed E-state index contributed by atoms with van der Waals surface area (Å²) in [7, 11) is -2.63. The number of rotatable bonds is 4. The normalized spacial score (nSPS) is 23.0. The highest BCUT2D eigenvalue weighted by molar-refractivity contribution is 7.89. The van der Waals surface area contributed by atoms with Crippen LogP contribution < -0.4 is 5.73 Å². The van der Waals surface area contributed by atoms with Gasteiger partial charge >= 0.3 is 5.97 Å². The van der Waals surface area contributed by atoms with Crippen molar-refractivity contribution < 1.29 is 22.4 Å². The number of aryl methyl sites for hydroxylation is 2. The second-order valence-electron chi connectivity index (χ2n) is 5.67. The topological polar surface area (TPSA) is 103 Å². The number of ether oxygens (including phenoxy) is 1. The number of esters is 1. The van der Waals surface area contributed by atoms with E-state index in [-0.39, 0.29) is 33.9 Å². The maximum Gasteiger partial charge on any atom is 0.342 e. The lowest BCUT2D eigenvalue weighted by Crippen LogP contribution is -2.35. The van der Waals surface area contributed by atoms with Gasteiger partial charge in [-0.05, 0) is 39.7 Å². The molecule has 2 heterocycles. The smallest absolute Gasteiger partial charge is 0.342 e. The van der Waals surface area contributed by atoms with Crippen molar-refractivity contribution in [1.82, 2.24) is 4.31 Å². The summed E-state index contributed by atoms with van der Waals surface area (Å²) in [5.74, 6) is -0.152. The van der Waals surface area contributed by atoms with Gasteiger partial charge in [0.05, 0.1) is 7.11 Å². The fourth-order valence-corrected chi connectivity index (χ4v) is 5.14. The summed E-state index contributed by atoms with van der Waals surface area (Å²) in [5, 5.41) is 0. The first-order chi connectivity index (χ1) is 10.2. The summed E-state index contributed by atoms with van der Waals surface area (Å²) in [5.41, 5.74) is 5.64. The number of methoxy groups -OCH3 is 1. The lowest BCUT2D eigenvalue weighted by atomic mass is 10.1. The summed E-state index contributed by atoms with van der Waals surface area (Å²) in [6, 6.07) is -0.168. The molecular weight excluding hydrogens is 308 g/mol. The van der Waals surface area contributed by atoms with Crippen molar-refractivity contribution in [2.75, 3.05) is 20.2 Å². The maximum atomic E-state index is 13.0. The highest BCUT2D eigenvalue weighted by Gasteiger charge is 2.41. The second-order valence-corrected chi connectivity index (χ2v) is 7.50. The van der Waals surface area contributed by atoms with Gasteiger partial charge in [0.25, 0.3) is 0 Å². The van der Waals surface area contributed by atoms with Gasteiger partial charge in [-0.1, -0.05) is 0 Å². The summed E-state index contributed by atoms with van der Waals surface area (Å²) < 4.78 is 37.5. The van der Waals surface area contributed by atoms with Gasteiger partial charge in [-0.25, -0.2) is 13.2 Å². The lowest BCUT2D eigenvalue weighted by molar-refractivity contribution is 0.0594. The van der Waals surface area contributed by atoms with E-state index in [0.717, 1.165) is 0 Å². The van der Waals surface area contributed by atoms with E-state index in [1.165, 1.54) is 18.3 Å². The molecule has 2 atom stereocenters. The van der Waals surface area contributed by atoms with Crippen molar-refractivity contribution in [1.29, 1.82) is 0 Å². The highest BCUT2D eigenvalue weighted by atomic mass is 32.2. The van der Waals surface area contributed by atoms with E-state index in [1.807, 2.05) is 6.92 Å². The van der Waals surface area contributed by atoms with Crippen LogP contribution in [0, 0.1) is 19.8 Å². The molecule has 7 nitrogen and oxygen atoms in total. The molecule has 124 valence electrons. The zero-order chi connectivity index (χ0) is 16.7. The van der Waals surface area contributed by atoms with Crippen LogP contribution >= 0.6 is 0 Å². The molecule has 0 aliphatic carbocycles. The number of sulfonamides is 1. The molecule has 2 N–H and O–H groups in total. The van der Waals surface area contributed by atoms with Crippen molar-refractivity contribution in [3.63, 3.8) is 0 Å². The molecule has 2 unspecified atom stereocenters. The van der Waals surface area contributed by atoms with Crippen LogP contribution in [-0.4, -0.2) is 44.9 Å². The summed E-state index contributed by atoms with van der Waals surface area (Å²) in [6.07, 6.45) is 0.708. The molecule has 0 radical (unpaired) electrons. The van der Waals surface area contributed by atoms with Crippen LogP contribution in [0.3, 0.4) is 0 Å². The number of hydrogen-bond acceptors (Lipinski definition) is 6. The summed E-state index contributed by atoms with van der Waals surface area (Å²) in [6.45, 7) is 5.71. The molecule has 0 spiro atoms. The maximum absolute atomic E-state index is 13.0. The predicted octanol–water partition coefficient (Wildman–Crippen LogP) is 1.04. The van der Waals surface area contributed by atoms with Gasteiger partial charge in [-0.3, -0.25) is 0 Å². The van der Waals surface area contributed by atoms with Gasteiger partial charge in [0.1, 0.15) is 22.0 Å². The van der Waals surface area contributed by atoms with Gasteiger partial charge in [0, 0.05) is 12.6 Å². The minimum Gasteiger partial charge on any atom is -0.465 e. The van der Waals surface area contributed by atoms with Crippen molar-refractivity contribution in [3.8, 4) is 0 Å². The molecular formula is C14H22N2O5S. The van der Waals surface area contributed by atoms with Crippen molar-refractivity contribution in [3.05, 3.63) is 17.1 Å². The average molecular weight is 330 g/mol. The molecule has 8 heteroatoms. The van der Waals surface area contributed by atoms with Crippen molar-refractivity contribution in [2.24, 2.45) is 11.7 Å². The van der Waals surface area contributed by atoms with Gasteiger partial charge in [-0.2, -0.15) is 4.31 Å². The van der Waals surface area contributed by atoms with Gasteiger partial charge in [-0.15, -0.1) is 0 Å². The van der Waals surface area contributed by atoms with Crippen LogP contribution in [0.5, 0.6) is 0 Å². The Morgan fingerprint density at radius 3 is 2.55 bits per heavy atom. The molecule has 1 saturated heterocycles. The van der Waals surface area contributed by atoms with Gasteiger partial charge in [0.15, 0.2) is 0 Å². The number of nitrogens with zero attached hydrogens (tertiary/aromatic N) is 1. The molecule has 2 rings (SSSR count). The Morgan fingerprint density at radius 1 is 1.41 bits per heavy atom. The van der Waals surface area contributed by atoms with E-state index < -0.39 is 16.0 Å². The molecule has 22 heavy (non-hydrogen) atoms. The van der Waals surface area contributed by atoms with Gasteiger partial charge < -0.3 is 14.9 Å². The largest absolute Gasteiger partial charge is 0.465 e. The fourth-order valence-electron chi connectivity index (χ4n) is 3.04. The molecule has 1 aliphatic rings. The zero-order valence-electron chi connectivity index (χ0n) is 13.3. The SMILES string of the molecule is COC(=O)c1c(C)oc(C)c1S(=O)(=O)N1CC(CN)CC1C. The van der Waals surface area contributed by atoms with E-state index in [0.29, 0.717) is 19.5 Å². The second kappa shape index (κ2) is 6.02. The molecule has 0 saturated carbocycles. The Hall–Kier alpha value is -1.38. The van der Waals surface area contributed by atoms with Crippen LogP contribution in [0.1, 0.15) is 35.2 Å². The third kappa shape index (κ3) is 2.66. The molecule has 0 aromatic carbocycles. The Balaban J connectivity index is 2.53. The van der Waals surface area contributed by atoms with Crippen molar-refractivity contribution in [2.45, 2.75) is 38.1 Å². The minimum absolute atomic E-state index is 0.0246. The van der Waals surface area contributed by atoms with Gasteiger partial charge in [0.2, 0.25) is 10.0 Å². The minimum atomic E-state index is -3.84. The van der Waals surface area contributed by atoms with Crippen LogP contribution in [0.4, 0.5) is 0 Å². The fraction of sp³-hybridized carbons (Fsp3) is 0.643. The number of nitrogens with two attached hydrogens (primary N) is 1. The number of carbonyl (C=O) groups is 1. The Bertz CT molecular complexity index is 680. The van der Waals surface area contributed by atoms with E-state index in [9.17, 15) is 13.2 Å². The number of carbonyl (C=O) groups excluding carboxylic acids is 1. The predicted molar refractivity (Wildman–Crippen MR) is 80.0 cm³/mol. The van der Waals surface area contributed by atoms with E-state index in [2.05, 4.69) is 0 Å². The van der Waals surface area contributed by atoms with Crippen molar-refractivity contribution >= 4 is 16.0 Å². The first kappa shape index (κ1) is 17.0. The quantitative estimate of drug-likeness (QED) is 0.828. The summed E-state index contributed by atoms with van der Waals surface area (Å²) >= 11 is 0. The Labute approximate surface area is 130 Å². The van der Waals surface area contributed by atoms with E-state index in [4.69, 9.17) is 14.9 Å². The molecule has 1 aliphatic heterocycles. The third-order valence-corrected chi connectivity index (χ3v) is 6.23. The van der Waals surface area contributed by atoms with Crippen LogP contribution in [-0.2, 0) is 14.8 Å². The van der Waals surface area contributed by atoms with Crippen LogP contribution in [0.15, 0.2) is 9.31 Å². The first-order valence-electron chi connectivity index (χ1n) is 7.14. The third-order valence-electron chi connectivity index (χ3n) is 4.10. The molecule has 0 amide bonds.